The van der Waals surface area contributed by atoms with Crippen molar-refractivity contribution < 1.29 is 4.79 Å². The molecule has 0 aliphatic heterocycles. The molecule has 2 aromatic heterocycles. The molecule has 30 heavy (non-hydrogen) atoms. The fourth-order valence-corrected chi connectivity index (χ4v) is 3.45. The number of nitrogens with one attached hydrogen (secondary N) is 1. The summed E-state index contributed by atoms with van der Waals surface area (Å²) >= 11 is 0. The molecule has 0 saturated carbocycles. The van der Waals surface area contributed by atoms with Crippen LogP contribution in [0, 0.1) is 0 Å². The standard InChI is InChI=1S/C21H20N6O3/c1-13(15-10-6-8-14-7-4-5-9-16(14)15)23-24-17(28)11-27-12-22-19-18(27)20(29)26(3)21(30)25(19)2/h4-10,12H,11H2,1-3H3,(H,24,28)/b23-13+. The average molecular weight is 404 g/mol. The zero-order chi connectivity index (χ0) is 21.4. The molecule has 0 aliphatic carbocycles. The Morgan fingerprint density at radius 2 is 1.80 bits per heavy atom. The van der Waals surface area contributed by atoms with Crippen LogP contribution in [0.3, 0.4) is 0 Å². The van der Waals surface area contributed by atoms with Gasteiger partial charge in [-0.2, -0.15) is 5.10 Å². The second-order valence-electron chi connectivity index (χ2n) is 7.01. The molecule has 0 aliphatic rings. The van der Waals surface area contributed by atoms with Gasteiger partial charge in [0.25, 0.3) is 11.5 Å². The molecule has 4 aromatic rings. The smallest absolute Gasteiger partial charge is 0.315 e. The van der Waals surface area contributed by atoms with Crippen LogP contribution in [0.4, 0.5) is 0 Å². The predicted octanol–water partition coefficient (Wildman–Crippen LogP) is 1.13. The molecule has 0 unspecified atom stereocenters. The lowest BCUT2D eigenvalue weighted by molar-refractivity contribution is -0.121. The molecule has 0 fully saturated rings. The Morgan fingerprint density at radius 3 is 2.60 bits per heavy atom. The van der Waals surface area contributed by atoms with Gasteiger partial charge in [0.05, 0.1) is 12.0 Å². The summed E-state index contributed by atoms with van der Waals surface area (Å²) in [6.07, 6.45) is 1.37. The van der Waals surface area contributed by atoms with Crippen LogP contribution in [-0.4, -0.2) is 30.3 Å². The molecule has 0 spiro atoms. The highest BCUT2D eigenvalue weighted by Crippen LogP contribution is 2.19. The van der Waals surface area contributed by atoms with E-state index in [1.807, 2.05) is 49.4 Å². The van der Waals surface area contributed by atoms with E-state index in [0.29, 0.717) is 5.71 Å². The molecule has 1 N–H and O–H groups in total. The summed E-state index contributed by atoms with van der Waals surface area (Å²) in [6.45, 7) is 1.66. The Kier molecular flexibility index (Phi) is 4.78. The van der Waals surface area contributed by atoms with Crippen molar-refractivity contribution in [3.63, 3.8) is 0 Å². The Morgan fingerprint density at radius 1 is 1.07 bits per heavy atom. The number of carbonyl (C=O) groups is 1. The number of amides is 1. The van der Waals surface area contributed by atoms with Crippen molar-refractivity contribution in [2.75, 3.05) is 0 Å². The van der Waals surface area contributed by atoms with Gasteiger partial charge in [-0.05, 0) is 17.7 Å². The second kappa shape index (κ2) is 7.43. The van der Waals surface area contributed by atoms with Crippen molar-refractivity contribution in [2.24, 2.45) is 19.2 Å². The number of rotatable bonds is 4. The van der Waals surface area contributed by atoms with Crippen molar-refractivity contribution in [1.29, 1.82) is 0 Å². The number of hydrogen-bond acceptors (Lipinski definition) is 5. The van der Waals surface area contributed by atoms with Crippen LogP contribution >= 0.6 is 0 Å². The normalized spacial score (nSPS) is 11.9. The van der Waals surface area contributed by atoms with E-state index in [1.165, 1.54) is 29.6 Å². The summed E-state index contributed by atoms with van der Waals surface area (Å²) in [6, 6.07) is 13.8. The zero-order valence-corrected chi connectivity index (χ0v) is 16.8. The first-order chi connectivity index (χ1) is 14.4. The van der Waals surface area contributed by atoms with E-state index in [1.54, 1.807) is 0 Å². The average Bonchev–Trinajstić information content (AvgIpc) is 3.17. The number of carbonyl (C=O) groups excluding carboxylic acids is 1. The number of benzene rings is 2. The van der Waals surface area contributed by atoms with E-state index in [2.05, 4.69) is 15.5 Å². The minimum atomic E-state index is -0.506. The Bertz CT molecular complexity index is 1440. The van der Waals surface area contributed by atoms with Crippen LogP contribution in [0.25, 0.3) is 21.9 Å². The van der Waals surface area contributed by atoms with E-state index < -0.39 is 17.2 Å². The molecule has 0 radical (unpaired) electrons. The molecule has 9 heteroatoms. The van der Waals surface area contributed by atoms with Gasteiger partial charge in [0.15, 0.2) is 11.2 Å². The molecule has 152 valence electrons. The lowest BCUT2D eigenvalue weighted by atomic mass is 10.0. The van der Waals surface area contributed by atoms with Gasteiger partial charge in [-0.25, -0.2) is 15.2 Å². The van der Waals surface area contributed by atoms with Gasteiger partial charge in [0, 0.05) is 19.7 Å². The topological polar surface area (TPSA) is 103 Å². The van der Waals surface area contributed by atoms with Crippen LogP contribution in [0.1, 0.15) is 12.5 Å². The monoisotopic (exact) mass is 404 g/mol. The number of aryl methyl sites for hydroxylation is 1. The van der Waals surface area contributed by atoms with Crippen LogP contribution < -0.4 is 16.7 Å². The van der Waals surface area contributed by atoms with Crippen LogP contribution in [0.2, 0.25) is 0 Å². The Balaban J connectivity index is 1.60. The number of hydrogen-bond donors (Lipinski definition) is 1. The van der Waals surface area contributed by atoms with Crippen LogP contribution in [0.5, 0.6) is 0 Å². The summed E-state index contributed by atoms with van der Waals surface area (Å²) in [5.41, 5.74) is 3.55. The summed E-state index contributed by atoms with van der Waals surface area (Å²) < 4.78 is 3.67. The minimum absolute atomic E-state index is 0.156. The van der Waals surface area contributed by atoms with Gasteiger partial charge in [0.2, 0.25) is 0 Å². The maximum Gasteiger partial charge on any atom is 0.332 e. The largest absolute Gasteiger partial charge is 0.332 e. The van der Waals surface area contributed by atoms with E-state index in [0.717, 1.165) is 20.9 Å². The highest BCUT2D eigenvalue weighted by atomic mass is 16.2. The Hall–Kier alpha value is -4.01. The first-order valence-electron chi connectivity index (χ1n) is 9.30. The molecule has 9 nitrogen and oxygen atoms in total. The molecule has 0 bridgehead atoms. The summed E-state index contributed by atoms with van der Waals surface area (Å²) in [7, 11) is 2.92. The first-order valence-corrected chi connectivity index (χ1v) is 9.30. The molecule has 2 heterocycles. The predicted molar refractivity (Wildman–Crippen MR) is 115 cm³/mol. The SMILES string of the molecule is C/C(=N\NC(=O)Cn1cnc2c1c(=O)n(C)c(=O)n2C)c1cccc2ccccc12. The van der Waals surface area contributed by atoms with Gasteiger partial charge >= 0.3 is 5.69 Å². The second-order valence-corrected chi connectivity index (χ2v) is 7.01. The van der Waals surface area contributed by atoms with E-state index in [4.69, 9.17) is 0 Å². The maximum absolute atomic E-state index is 12.5. The number of aromatic nitrogens is 4. The van der Waals surface area contributed by atoms with Gasteiger partial charge in [-0.1, -0.05) is 42.5 Å². The summed E-state index contributed by atoms with van der Waals surface area (Å²) in [4.78, 5) is 41.1. The van der Waals surface area contributed by atoms with E-state index in [-0.39, 0.29) is 17.7 Å². The molecule has 4 rings (SSSR count). The first kappa shape index (κ1) is 19.3. The van der Waals surface area contributed by atoms with Crippen LogP contribution in [0.15, 0.2) is 63.5 Å². The maximum atomic E-state index is 12.5. The van der Waals surface area contributed by atoms with Crippen LogP contribution in [-0.2, 0) is 25.4 Å². The third-order valence-corrected chi connectivity index (χ3v) is 5.06. The van der Waals surface area contributed by atoms with Crippen molar-refractivity contribution in [3.05, 3.63) is 75.2 Å². The Labute approximate surface area is 170 Å². The van der Waals surface area contributed by atoms with E-state index in [9.17, 15) is 14.4 Å². The zero-order valence-electron chi connectivity index (χ0n) is 16.8. The van der Waals surface area contributed by atoms with Crippen molar-refractivity contribution in [2.45, 2.75) is 13.5 Å². The molecular weight excluding hydrogens is 384 g/mol. The van der Waals surface area contributed by atoms with Gasteiger partial charge in [0.1, 0.15) is 6.54 Å². The quantitative estimate of drug-likeness (QED) is 0.407. The fourth-order valence-electron chi connectivity index (χ4n) is 3.45. The number of hydrazone groups is 1. The lowest BCUT2D eigenvalue weighted by Crippen LogP contribution is -2.38. The number of imidazole rings is 1. The van der Waals surface area contributed by atoms with Gasteiger partial charge in [-0.3, -0.25) is 18.7 Å². The van der Waals surface area contributed by atoms with E-state index >= 15 is 0 Å². The summed E-state index contributed by atoms with van der Waals surface area (Å²) in [5, 5.41) is 6.35. The summed E-state index contributed by atoms with van der Waals surface area (Å²) in [5.74, 6) is -0.412. The lowest BCUT2D eigenvalue weighted by Gasteiger charge is -2.08. The highest BCUT2D eigenvalue weighted by molar-refractivity contribution is 6.09. The molecule has 0 saturated heterocycles. The molecular formula is C21H20N6O3. The van der Waals surface area contributed by atoms with Gasteiger partial charge in [-0.15, -0.1) is 0 Å². The van der Waals surface area contributed by atoms with Gasteiger partial charge < -0.3 is 4.57 Å². The highest BCUT2D eigenvalue weighted by Gasteiger charge is 2.16. The fraction of sp³-hybridized carbons (Fsp3) is 0.190. The molecule has 2 aromatic carbocycles. The third kappa shape index (κ3) is 3.20. The third-order valence-electron chi connectivity index (χ3n) is 5.06. The number of fused-ring (bicyclic) bond motifs is 2. The van der Waals surface area contributed by atoms with Crippen molar-refractivity contribution >= 4 is 33.6 Å². The molecule has 0 atom stereocenters. The van der Waals surface area contributed by atoms with Crippen molar-refractivity contribution in [1.82, 2.24) is 24.1 Å². The number of nitrogens with zero attached hydrogens (tertiary/aromatic N) is 5. The molecule has 1 amide bonds. The minimum Gasteiger partial charge on any atom is -0.315 e. The van der Waals surface area contributed by atoms with Crippen molar-refractivity contribution in [3.8, 4) is 0 Å².